The number of hydrogen-bond acceptors (Lipinski definition) is 3. The number of rotatable bonds is 8. The van der Waals surface area contributed by atoms with Crippen molar-refractivity contribution in [2.45, 2.75) is 25.0 Å². The Bertz CT molecular complexity index is 501. The molecule has 3 heteroatoms. The topological polar surface area (TPSA) is 58.3 Å². The minimum absolute atomic E-state index is 0.239. The van der Waals surface area contributed by atoms with Gasteiger partial charge in [0.1, 0.15) is 0 Å². The summed E-state index contributed by atoms with van der Waals surface area (Å²) in [5.41, 5.74) is 8.51. The Hall–Kier alpha value is -1.68. The summed E-state index contributed by atoms with van der Waals surface area (Å²) in [6.07, 6.45) is 1.13. The van der Waals surface area contributed by atoms with E-state index >= 15 is 0 Å². The lowest BCUT2D eigenvalue weighted by atomic mass is 10.0. The molecule has 2 aromatic rings. The van der Waals surface area contributed by atoms with Crippen molar-refractivity contribution in [3.8, 4) is 0 Å². The largest absolute Gasteiger partial charge is 0.390 e. The van der Waals surface area contributed by atoms with Crippen LogP contribution < -0.4 is 11.1 Å². The van der Waals surface area contributed by atoms with Crippen molar-refractivity contribution in [2.24, 2.45) is 5.73 Å². The highest BCUT2D eigenvalue weighted by Crippen LogP contribution is 2.04. The quantitative estimate of drug-likeness (QED) is 0.647. The van der Waals surface area contributed by atoms with Gasteiger partial charge in [-0.3, -0.25) is 0 Å². The van der Waals surface area contributed by atoms with Crippen LogP contribution in [0.4, 0.5) is 0 Å². The second kappa shape index (κ2) is 8.57. The maximum atomic E-state index is 10.1. The molecular weight excluding hydrogens is 260 g/mol. The summed E-state index contributed by atoms with van der Waals surface area (Å²) in [6, 6.07) is 20.1. The van der Waals surface area contributed by atoms with Gasteiger partial charge in [0.2, 0.25) is 0 Å². The van der Waals surface area contributed by atoms with Crippen LogP contribution >= 0.6 is 0 Å². The molecule has 21 heavy (non-hydrogen) atoms. The molecule has 0 aromatic heterocycles. The van der Waals surface area contributed by atoms with E-state index < -0.39 is 6.10 Å². The van der Waals surface area contributed by atoms with Crippen molar-refractivity contribution in [1.82, 2.24) is 5.32 Å². The third kappa shape index (κ3) is 5.68. The van der Waals surface area contributed by atoms with Crippen molar-refractivity contribution in [2.75, 3.05) is 13.1 Å². The summed E-state index contributed by atoms with van der Waals surface area (Å²) >= 11 is 0. The summed E-state index contributed by atoms with van der Waals surface area (Å²) in [6.45, 7) is 1.37. The van der Waals surface area contributed by atoms with Crippen LogP contribution in [-0.4, -0.2) is 30.3 Å². The van der Waals surface area contributed by atoms with Gasteiger partial charge < -0.3 is 16.2 Å². The minimum Gasteiger partial charge on any atom is -0.390 e. The van der Waals surface area contributed by atoms with Gasteiger partial charge in [-0.2, -0.15) is 0 Å². The predicted octanol–water partition coefficient (Wildman–Crippen LogP) is 1.75. The number of hydrogen-bond donors (Lipinski definition) is 3. The van der Waals surface area contributed by atoms with Crippen LogP contribution in [-0.2, 0) is 12.8 Å². The van der Waals surface area contributed by atoms with E-state index in [1.807, 2.05) is 48.5 Å². The highest BCUT2D eigenvalue weighted by atomic mass is 16.3. The third-order valence-electron chi connectivity index (χ3n) is 3.60. The fraction of sp³-hybridized carbons (Fsp3) is 0.333. The van der Waals surface area contributed by atoms with Crippen molar-refractivity contribution in [3.63, 3.8) is 0 Å². The van der Waals surface area contributed by atoms with Crippen LogP contribution in [0.15, 0.2) is 60.7 Å². The number of aliphatic hydroxyl groups excluding tert-OH is 1. The van der Waals surface area contributed by atoms with Gasteiger partial charge in [0.25, 0.3) is 0 Å². The zero-order valence-corrected chi connectivity index (χ0v) is 12.3. The van der Waals surface area contributed by atoms with E-state index in [1.165, 1.54) is 5.56 Å². The van der Waals surface area contributed by atoms with Crippen LogP contribution in [0.5, 0.6) is 0 Å². The van der Waals surface area contributed by atoms with E-state index in [0.717, 1.165) is 18.5 Å². The molecule has 0 aliphatic rings. The molecule has 0 heterocycles. The van der Waals surface area contributed by atoms with E-state index in [-0.39, 0.29) is 6.04 Å². The molecule has 0 aliphatic heterocycles. The SMILES string of the molecule is N[C@H](Cc1ccccc1)[C@@H](O)CNCCc1ccccc1. The first-order valence-electron chi connectivity index (χ1n) is 7.48. The van der Waals surface area contributed by atoms with Gasteiger partial charge in [-0.15, -0.1) is 0 Å². The van der Waals surface area contributed by atoms with E-state index in [9.17, 15) is 5.11 Å². The van der Waals surface area contributed by atoms with Crippen LogP contribution in [0.3, 0.4) is 0 Å². The molecule has 0 saturated carbocycles. The molecule has 0 aliphatic carbocycles. The standard InChI is InChI=1S/C18H24N2O/c19-17(13-16-9-5-2-6-10-16)18(21)14-20-12-11-15-7-3-1-4-8-15/h1-10,17-18,20-21H,11-14,19H2/t17-,18+/m1/s1. The Morgan fingerprint density at radius 3 is 2.10 bits per heavy atom. The fourth-order valence-electron chi connectivity index (χ4n) is 2.30. The van der Waals surface area contributed by atoms with Crippen molar-refractivity contribution in [3.05, 3.63) is 71.8 Å². The fourth-order valence-corrected chi connectivity index (χ4v) is 2.30. The summed E-state index contributed by atoms with van der Waals surface area (Å²) in [5.74, 6) is 0. The molecule has 0 fully saturated rings. The van der Waals surface area contributed by atoms with E-state index in [1.54, 1.807) is 0 Å². The van der Waals surface area contributed by atoms with Crippen LogP contribution in [0, 0.1) is 0 Å². The van der Waals surface area contributed by atoms with Gasteiger partial charge in [0.05, 0.1) is 6.10 Å². The first-order chi connectivity index (χ1) is 10.3. The van der Waals surface area contributed by atoms with Gasteiger partial charge in [0.15, 0.2) is 0 Å². The lowest BCUT2D eigenvalue weighted by Crippen LogP contribution is -2.43. The predicted molar refractivity (Wildman–Crippen MR) is 87.1 cm³/mol. The van der Waals surface area contributed by atoms with Gasteiger partial charge in [-0.25, -0.2) is 0 Å². The first kappa shape index (κ1) is 15.7. The highest BCUT2D eigenvalue weighted by molar-refractivity contribution is 5.16. The average molecular weight is 284 g/mol. The van der Waals surface area contributed by atoms with E-state index in [2.05, 4.69) is 17.4 Å². The Morgan fingerprint density at radius 2 is 1.48 bits per heavy atom. The molecule has 0 saturated heterocycles. The van der Waals surface area contributed by atoms with Gasteiger partial charge in [0, 0.05) is 12.6 Å². The third-order valence-corrected chi connectivity index (χ3v) is 3.60. The summed E-state index contributed by atoms with van der Waals surface area (Å²) in [5, 5.41) is 13.4. The monoisotopic (exact) mass is 284 g/mol. The molecule has 0 unspecified atom stereocenters. The molecule has 0 radical (unpaired) electrons. The normalized spacial score (nSPS) is 13.8. The Labute approximate surface area is 126 Å². The number of benzene rings is 2. The van der Waals surface area contributed by atoms with Gasteiger partial charge in [-0.1, -0.05) is 60.7 Å². The molecule has 3 nitrogen and oxygen atoms in total. The molecule has 0 spiro atoms. The smallest absolute Gasteiger partial charge is 0.0818 e. The molecule has 2 aromatic carbocycles. The zero-order valence-electron chi connectivity index (χ0n) is 12.3. The average Bonchev–Trinajstić information content (AvgIpc) is 2.53. The second-order valence-electron chi connectivity index (χ2n) is 5.36. The molecule has 0 amide bonds. The van der Waals surface area contributed by atoms with E-state index in [0.29, 0.717) is 13.0 Å². The highest BCUT2D eigenvalue weighted by Gasteiger charge is 2.14. The summed E-state index contributed by atoms with van der Waals surface area (Å²) in [7, 11) is 0. The summed E-state index contributed by atoms with van der Waals surface area (Å²) in [4.78, 5) is 0. The maximum Gasteiger partial charge on any atom is 0.0818 e. The molecule has 112 valence electrons. The Balaban J connectivity index is 1.66. The van der Waals surface area contributed by atoms with Crippen LogP contribution in [0.1, 0.15) is 11.1 Å². The van der Waals surface area contributed by atoms with Crippen molar-refractivity contribution >= 4 is 0 Å². The first-order valence-corrected chi connectivity index (χ1v) is 7.48. The molecule has 4 N–H and O–H groups in total. The van der Waals surface area contributed by atoms with Gasteiger partial charge >= 0.3 is 0 Å². The Morgan fingerprint density at radius 1 is 0.905 bits per heavy atom. The molecular formula is C18H24N2O. The van der Waals surface area contributed by atoms with Crippen LogP contribution in [0.2, 0.25) is 0 Å². The van der Waals surface area contributed by atoms with E-state index in [4.69, 9.17) is 5.73 Å². The molecule has 2 rings (SSSR count). The minimum atomic E-state index is -0.527. The van der Waals surface area contributed by atoms with Crippen molar-refractivity contribution in [1.29, 1.82) is 0 Å². The maximum absolute atomic E-state index is 10.1. The lowest BCUT2D eigenvalue weighted by Gasteiger charge is -2.19. The number of nitrogens with one attached hydrogen (secondary N) is 1. The Kier molecular flexibility index (Phi) is 6.41. The van der Waals surface area contributed by atoms with Gasteiger partial charge in [-0.05, 0) is 30.5 Å². The molecule has 2 atom stereocenters. The van der Waals surface area contributed by atoms with Crippen molar-refractivity contribution < 1.29 is 5.11 Å². The van der Waals surface area contributed by atoms with Crippen LogP contribution in [0.25, 0.3) is 0 Å². The molecule has 0 bridgehead atoms. The second-order valence-corrected chi connectivity index (χ2v) is 5.36. The number of aliphatic hydroxyl groups is 1. The summed E-state index contributed by atoms with van der Waals surface area (Å²) < 4.78 is 0. The lowest BCUT2D eigenvalue weighted by molar-refractivity contribution is 0.142. The number of nitrogens with two attached hydrogens (primary N) is 1. The zero-order chi connectivity index (χ0) is 14.9.